The van der Waals surface area contributed by atoms with Crippen molar-refractivity contribution < 1.29 is 27.5 Å². The van der Waals surface area contributed by atoms with Crippen LogP contribution in [0.5, 0.6) is 5.75 Å². The fraction of sp³-hybridized carbons (Fsp3) is 0.240. The summed E-state index contributed by atoms with van der Waals surface area (Å²) in [6.07, 6.45) is 0.619. The SMILES string of the molecule is CN1C(=O)c2cccc3c(NC(=O)[C@@H]4CCC(=O)N4S(=O)(=O)c4ccc5c(c4)CCO5)ccc1c23. The van der Waals surface area contributed by atoms with Gasteiger partial charge >= 0.3 is 0 Å². The second kappa shape index (κ2) is 7.54. The van der Waals surface area contributed by atoms with Crippen molar-refractivity contribution in [2.45, 2.75) is 30.2 Å². The average molecular weight is 492 g/mol. The predicted octanol–water partition coefficient (Wildman–Crippen LogP) is 2.68. The van der Waals surface area contributed by atoms with Crippen LogP contribution in [0.25, 0.3) is 10.8 Å². The molecule has 3 aliphatic rings. The van der Waals surface area contributed by atoms with Crippen LogP contribution in [0.15, 0.2) is 53.4 Å². The minimum absolute atomic E-state index is 0.0401. The molecular formula is C25H21N3O6S. The van der Waals surface area contributed by atoms with Gasteiger partial charge in [-0.05, 0) is 48.4 Å². The van der Waals surface area contributed by atoms with Crippen LogP contribution in [0.3, 0.4) is 0 Å². The van der Waals surface area contributed by atoms with Gasteiger partial charge in [0.1, 0.15) is 11.8 Å². The Morgan fingerprint density at radius 2 is 1.91 bits per heavy atom. The molecule has 0 unspecified atom stereocenters. The molecule has 0 radical (unpaired) electrons. The van der Waals surface area contributed by atoms with E-state index in [-0.39, 0.29) is 23.6 Å². The number of hydrogen-bond acceptors (Lipinski definition) is 6. The van der Waals surface area contributed by atoms with Crippen LogP contribution in [-0.2, 0) is 26.0 Å². The third-order valence-electron chi connectivity index (χ3n) is 6.85. The highest BCUT2D eigenvalue weighted by Crippen LogP contribution is 2.40. The van der Waals surface area contributed by atoms with Gasteiger partial charge in [0.15, 0.2) is 0 Å². The molecule has 0 aliphatic carbocycles. The molecule has 3 amide bonds. The second-order valence-electron chi connectivity index (χ2n) is 8.83. The summed E-state index contributed by atoms with van der Waals surface area (Å²) in [4.78, 5) is 40.0. The van der Waals surface area contributed by atoms with Crippen LogP contribution in [0.2, 0.25) is 0 Å². The van der Waals surface area contributed by atoms with Gasteiger partial charge in [-0.25, -0.2) is 12.7 Å². The molecule has 3 aromatic rings. The standard InChI is InChI=1S/C25H21N3O6S/c1-27-19-7-6-18(16-3-2-4-17(23(16)19)25(27)31)26-24(30)20-8-10-22(29)28(20)35(32,33)15-5-9-21-14(13-15)11-12-34-21/h2-7,9,13,20H,8,10-12H2,1H3,(H,26,30)/t20-/m0/s1. The van der Waals surface area contributed by atoms with Gasteiger partial charge in [-0.15, -0.1) is 0 Å². The number of amides is 3. The number of sulfonamides is 1. The van der Waals surface area contributed by atoms with E-state index in [1.54, 1.807) is 48.3 Å². The second-order valence-corrected chi connectivity index (χ2v) is 10.6. The van der Waals surface area contributed by atoms with Crippen molar-refractivity contribution >= 4 is 49.9 Å². The highest BCUT2D eigenvalue weighted by atomic mass is 32.2. The third-order valence-corrected chi connectivity index (χ3v) is 8.68. The Morgan fingerprint density at radius 3 is 2.74 bits per heavy atom. The fourth-order valence-corrected chi connectivity index (χ4v) is 6.75. The lowest BCUT2D eigenvalue weighted by Crippen LogP contribution is -2.45. The van der Waals surface area contributed by atoms with E-state index in [4.69, 9.17) is 4.74 Å². The summed E-state index contributed by atoms with van der Waals surface area (Å²) in [5.41, 5.74) is 2.48. The van der Waals surface area contributed by atoms with Gasteiger partial charge in [0, 0.05) is 41.9 Å². The number of hydrogen-bond donors (Lipinski definition) is 1. The quantitative estimate of drug-likeness (QED) is 0.601. The van der Waals surface area contributed by atoms with Crippen molar-refractivity contribution in [3.8, 4) is 5.75 Å². The van der Waals surface area contributed by atoms with Crippen LogP contribution in [0.1, 0.15) is 28.8 Å². The zero-order valence-corrected chi connectivity index (χ0v) is 19.6. The normalized spacial score (nSPS) is 18.8. The van der Waals surface area contributed by atoms with Crippen molar-refractivity contribution in [2.75, 3.05) is 23.9 Å². The summed E-state index contributed by atoms with van der Waals surface area (Å²) < 4.78 is 33.0. The smallest absolute Gasteiger partial charge is 0.267 e. The molecule has 6 rings (SSSR count). The Hall–Kier alpha value is -3.92. The molecule has 35 heavy (non-hydrogen) atoms. The van der Waals surface area contributed by atoms with E-state index in [0.717, 1.165) is 16.6 Å². The molecule has 0 bridgehead atoms. The van der Waals surface area contributed by atoms with Gasteiger partial charge in [-0.1, -0.05) is 12.1 Å². The minimum Gasteiger partial charge on any atom is -0.493 e. The van der Waals surface area contributed by atoms with E-state index in [1.165, 1.54) is 12.1 Å². The predicted molar refractivity (Wildman–Crippen MR) is 128 cm³/mol. The molecule has 178 valence electrons. The van der Waals surface area contributed by atoms with Crippen molar-refractivity contribution in [2.24, 2.45) is 0 Å². The Morgan fingerprint density at radius 1 is 1.09 bits per heavy atom. The summed E-state index contributed by atoms with van der Waals surface area (Å²) in [6.45, 7) is 0.475. The number of nitrogens with zero attached hydrogens (tertiary/aromatic N) is 2. The molecule has 0 saturated carbocycles. The number of benzene rings is 3. The maximum atomic E-state index is 13.4. The molecular weight excluding hydrogens is 470 g/mol. The molecule has 0 aromatic heterocycles. The van der Waals surface area contributed by atoms with Crippen LogP contribution >= 0.6 is 0 Å². The molecule has 10 heteroatoms. The number of anilines is 2. The fourth-order valence-electron chi connectivity index (χ4n) is 5.10. The van der Waals surface area contributed by atoms with Crippen molar-refractivity contribution in [3.05, 3.63) is 59.7 Å². The number of rotatable bonds is 4. The van der Waals surface area contributed by atoms with E-state index < -0.39 is 27.9 Å². The largest absolute Gasteiger partial charge is 0.493 e. The number of ether oxygens (including phenoxy) is 1. The molecule has 1 fully saturated rings. The summed E-state index contributed by atoms with van der Waals surface area (Å²) in [5, 5.41) is 4.20. The summed E-state index contributed by atoms with van der Waals surface area (Å²) in [5.74, 6) is -0.716. The van der Waals surface area contributed by atoms with Crippen LogP contribution in [-0.4, -0.2) is 50.1 Å². The van der Waals surface area contributed by atoms with Gasteiger partial charge in [0.25, 0.3) is 15.9 Å². The van der Waals surface area contributed by atoms with Crippen molar-refractivity contribution in [3.63, 3.8) is 0 Å². The van der Waals surface area contributed by atoms with Gasteiger partial charge in [0.05, 0.1) is 17.2 Å². The first kappa shape index (κ1) is 21.6. The summed E-state index contributed by atoms with van der Waals surface area (Å²) in [6, 6.07) is 12.0. The van der Waals surface area contributed by atoms with Crippen LogP contribution in [0.4, 0.5) is 11.4 Å². The molecule has 1 atom stereocenters. The summed E-state index contributed by atoms with van der Waals surface area (Å²) in [7, 11) is -2.55. The highest BCUT2D eigenvalue weighted by Gasteiger charge is 2.44. The number of carbonyl (C=O) groups is 3. The van der Waals surface area contributed by atoms with Crippen LogP contribution < -0.4 is 15.0 Å². The molecule has 3 aromatic carbocycles. The number of nitrogens with one attached hydrogen (secondary N) is 1. The van der Waals surface area contributed by atoms with Gasteiger partial charge in [0.2, 0.25) is 11.8 Å². The maximum absolute atomic E-state index is 13.4. The van der Waals surface area contributed by atoms with E-state index in [1.807, 2.05) is 0 Å². The zero-order chi connectivity index (χ0) is 24.5. The molecule has 1 N–H and O–H groups in total. The molecule has 1 saturated heterocycles. The number of fused-ring (bicyclic) bond motifs is 1. The zero-order valence-electron chi connectivity index (χ0n) is 18.8. The first-order valence-corrected chi connectivity index (χ1v) is 12.7. The van der Waals surface area contributed by atoms with Gasteiger partial charge in [-0.2, -0.15) is 0 Å². The lowest BCUT2D eigenvalue weighted by molar-refractivity contribution is -0.128. The summed E-state index contributed by atoms with van der Waals surface area (Å²) >= 11 is 0. The molecule has 3 aliphatic heterocycles. The molecule has 3 heterocycles. The number of carbonyl (C=O) groups excluding carboxylic acids is 3. The Labute approximate surface area is 201 Å². The van der Waals surface area contributed by atoms with E-state index in [0.29, 0.717) is 39.7 Å². The topological polar surface area (TPSA) is 113 Å². The van der Waals surface area contributed by atoms with Gasteiger partial charge in [-0.3, -0.25) is 14.4 Å². The van der Waals surface area contributed by atoms with E-state index in [9.17, 15) is 22.8 Å². The third kappa shape index (κ3) is 3.13. The first-order chi connectivity index (χ1) is 16.8. The average Bonchev–Trinajstić information content (AvgIpc) is 3.54. The van der Waals surface area contributed by atoms with Gasteiger partial charge < -0.3 is 15.0 Å². The molecule has 0 spiro atoms. The monoisotopic (exact) mass is 491 g/mol. The first-order valence-electron chi connectivity index (χ1n) is 11.2. The Balaban J connectivity index is 1.34. The lowest BCUT2D eigenvalue weighted by atomic mass is 10.0. The lowest BCUT2D eigenvalue weighted by Gasteiger charge is -2.24. The van der Waals surface area contributed by atoms with E-state index in [2.05, 4.69) is 5.32 Å². The van der Waals surface area contributed by atoms with E-state index >= 15 is 0 Å². The Kier molecular flexibility index (Phi) is 4.65. The minimum atomic E-state index is -4.24. The maximum Gasteiger partial charge on any atom is 0.267 e. The molecule has 9 nitrogen and oxygen atoms in total. The highest BCUT2D eigenvalue weighted by molar-refractivity contribution is 7.89. The van der Waals surface area contributed by atoms with Crippen molar-refractivity contribution in [1.29, 1.82) is 0 Å². The van der Waals surface area contributed by atoms with Crippen LogP contribution in [0, 0.1) is 0 Å². The Bertz CT molecular complexity index is 1560. The van der Waals surface area contributed by atoms with Crippen molar-refractivity contribution in [1.82, 2.24) is 4.31 Å².